The lowest BCUT2D eigenvalue weighted by atomic mass is 10.1. The molecule has 7 nitrogen and oxygen atoms in total. The van der Waals surface area contributed by atoms with Crippen molar-refractivity contribution in [2.24, 2.45) is 0 Å². The molecule has 2 aromatic heterocycles. The van der Waals surface area contributed by atoms with Gasteiger partial charge in [-0.25, -0.2) is 9.97 Å². The van der Waals surface area contributed by atoms with E-state index in [1.165, 1.54) is 0 Å². The average Bonchev–Trinajstić information content (AvgIpc) is 3.09. The summed E-state index contributed by atoms with van der Waals surface area (Å²) in [6.45, 7) is 2.48. The smallest absolute Gasteiger partial charge is 0.222 e. The summed E-state index contributed by atoms with van der Waals surface area (Å²) in [4.78, 5) is 28.7. The summed E-state index contributed by atoms with van der Waals surface area (Å²) < 4.78 is 0. The summed E-state index contributed by atoms with van der Waals surface area (Å²) in [7, 11) is 4.00. The quantitative estimate of drug-likeness (QED) is 0.629. The SMILES string of the molecule is CN1CCCN(C)C(=O)CCc2cccc(c2)Nc2ncnc3[nH]cc(c23)C1. The molecule has 4 rings (SSSR count). The van der Waals surface area contributed by atoms with Crippen molar-refractivity contribution in [3.63, 3.8) is 0 Å². The second-order valence-electron chi connectivity index (χ2n) is 7.49. The maximum Gasteiger partial charge on any atom is 0.222 e. The van der Waals surface area contributed by atoms with Gasteiger partial charge in [0.1, 0.15) is 17.8 Å². The van der Waals surface area contributed by atoms with Crippen LogP contribution in [0.25, 0.3) is 11.0 Å². The first kappa shape index (κ1) is 18.4. The zero-order valence-corrected chi connectivity index (χ0v) is 16.4. The molecule has 0 saturated heterocycles. The second kappa shape index (κ2) is 7.98. The van der Waals surface area contributed by atoms with Crippen LogP contribution in [0.2, 0.25) is 0 Å². The van der Waals surface area contributed by atoms with Gasteiger partial charge >= 0.3 is 0 Å². The Labute approximate surface area is 164 Å². The lowest BCUT2D eigenvalue weighted by Gasteiger charge is -2.21. The van der Waals surface area contributed by atoms with Gasteiger partial charge in [-0.05, 0) is 49.7 Å². The van der Waals surface area contributed by atoms with Crippen molar-refractivity contribution >= 4 is 28.4 Å². The summed E-state index contributed by atoms with van der Waals surface area (Å²) in [5.74, 6) is 0.994. The van der Waals surface area contributed by atoms with Gasteiger partial charge in [0.25, 0.3) is 0 Å². The number of hydrogen-bond donors (Lipinski definition) is 2. The van der Waals surface area contributed by atoms with Gasteiger partial charge in [0.15, 0.2) is 0 Å². The third kappa shape index (κ3) is 3.99. The number of aryl methyl sites for hydroxylation is 1. The zero-order valence-electron chi connectivity index (χ0n) is 16.4. The van der Waals surface area contributed by atoms with Crippen LogP contribution in [0.4, 0.5) is 11.5 Å². The number of fused-ring (bicyclic) bond motifs is 2. The van der Waals surface area contributed by atoms with Crippen LogP contribution in [0, 0.1) is 0 Å². The predicted octanol–water partition coefficient (Wildman–Crippen LogP) is 2.93. The molecule has 3 aromatic rings. The molecule has 1 aromatic carbocycles. The van der Waals surface area contributed by atoms with Crippen LogP contribution in [0.15, 0.2) is 36.8 Å². The molecule has 0 unspecified atom stereocenters. The summed E-state index contributed by atoms with van der Waals surface area (Å²) >= 11 is 0. The molecule has 0 atom stereocenters. The molecule has 2 N–H and O–H groups in total. The highest BCUT2D eigenvalue weighted by Gasteiger charge is 2.15. The Morgan fingerprint density at radius 1 is 1.11 bits per heavy atom. The van der Waals surface area contributed by atoms with Crippen LogP contribution in [-0.2, 0) is 17.8 Å². The number of hydrogen-bond acceptors (Lipinski definition) is 5. The maximum atomic E-state index is 12.4. The third-order valence-corrected chi connectivity index (χ3v) is 5.27. The van der Waals surface area contributed by atoms with Crippen LogP contribution >= 0.6 is 0 Å². The number of nitrogens with zero attached hydrogens (tertiary/aromatic N) is 4. The van der Waals surface area contributed by atoms with Crippen LogP contribution < -0.4 is 5.32 Å². The van der Waals surface area contributed by atoms with E-state index in [1.54, 1.807) is 6.33 Å². The Morgan fingerprint density at radius 2 is 2.00 bits per heavy atom. The molecule has 0 fully saturated rings. The summed E-state index contributed by atoms with van der Waals surface area (Å²) in [5, 5.41) is 4.47. The standard InChI is InChI=1S/C21H26N6O/c1-26-9-4-10-27(2)18(28)8-7-15-5-3-6-17(11-15)25-21-19-16(13-26)12-22-20(19)23-14-24-21/h3,5-6,11-12,14H,4,7-10,13H2,1-2H3,(H2,22,23,24,25). The van der Waals surface area contributed by atoms with E-state index in [9.17, 15) is 4.79 Å². The molecule has 1 amide bonds. The van der Waals surface area contributed by atoms with Crippen LogP contribution in [-0.4, -0.2) is 57.8 Å². The van der Waals surface area contributed by atoms with Crippen molar-refractivity contribution in [1.82, 2.24) is 24.8 Å². The molecule has 0 radical (unpaired) electrons. The van der Waals surface area contributed by atoms with Crippen molar-refractivity contribution in [3.8, 4) is 0 Å². The largest absolute Gasteiger partial charge is 0.346 e. The van der Waals surface area contributed by atoms with Gasteiger partial charge in [-0.2, -0.15) is 0 Å². The van der Waals surface area contributed by atoms with E-state index < -0.39 is 0 Å². The molecule has 0 spiro atoms. The minimum Gasteiger partial charge on any atom is -0.346 e. The van der Waals surface area contributed by atoms with E-state index in [4.69, 9.17) is 0 Å². The minimum atomic E-state index is 0.193. The van der Waals surface area contributed by atoms with Gasteiger partial charge in [-0.15, -0.1) is 0 Å². The number of carbonyl (C=O) groups is 1. The second-order valence-corrected chi connectivity index (χ2v) is 7.49. The lowest BCUT2D eigenvalue weighted by molar-refractivity contribution is -0.129. The molecule has 2 bridgehead atoms. The first-order chi connectivity index (χ1) is 13.6. The Hall–Kier alpha value is -2.93. The van der Waals surface area contributed by atoms with E-state index in [0.29, 0.717) is 6.42 Å². The van der Waals surface area contributed by atoms with Crippen LogP contribution in [0.5, 0.6) is 0 Å². The Balaban J connectivity index is 1.71. The van der Waals surface area contributed by atoms with Gasteiger partial charge in [-0.1, -0.05) is 12.1 Å². The van der Waals surface area contributed by atoms with E-state index in [0.717, 1.165) is 66.1 Å². The van der Waals surface area contributed by atoms with E-state index in [1.807, 2.05) is 30.3 Å². The molecular weight excluding hydrogens is 352 g/mol. The highest BCUT2D eigenvalue weighted by Crippen LogP contribution is 2.27. The molecule has 1 aliphatic rings. The number of rotatable bonds is 0. The first-order valence-electron chi connectivity index (χ1n) is 9.69. The number of anilines is 2. The topological polar surface area (TPSA) is 77.2 Å². The maximum absolute atomic E-state index is 12.4. The monoisotopic (exact) mass is 378 g/mol. The van der Waals surface area contributed by atoms with E-state index in [2.05, 4.69) is 44.3 Å². The zero-order chi connectivity index (χ0) is 19.5. The molecule has 0 aliphatic carbocycles. The van der Waals surface area contributed by atoms with Crippen molar-refractivity contribution in [2.75, 3.05) is 32.5 Å². The third-order valence-electron chi connectivity index (χ3n) is 5.27. The number of aromatic nitrogens is 3. The Bertz CT molecular complexity index is 982. The molecule has 1 aliphatic heterocycles. The van der Waals surface area contributed by atoms with Crippen LogP contribution in [0.1, 0.15) is 24.0 Å². The summed E-state index contributed by atoms with van der Waals surface area (Å²) in [5.41, 5.74) is 4.10. The van der Waals surface area contributed by atoms with E-state index >= 15 is 0 Å². The number of H-pyrrole nitrogens is 1. The summed E-state index contributed by atoms with van der Waals surface area (Å²) in [6.07, 6.45) is 5.78. The fraction of sp³-hybridized carbons (Fsp3) is 0.381. The van der Waals surface area contributed by atoms with Gasteiger partial charge < -0.3 is 20.1 Å². The number of amides is 1. The van der Waals surface area contributed by atoms with Crippen molar-refractivity contribution < 1.29 is 4.79 Å². The van der Waals surface area contributed by atoms with E-state index in [-0.39, 0.29) is 5.91 Å². The van der Waals surface area contributed by atoms with Gasteiger partial charge in [0.05, 0.1) is 5.39 Å². The lowest BCUT2D eigenvalue weighted by Crippen LogP contribution is -2.30. The fourth-order valence-corrected chi connectivity index (χ4v) is 3.70. The van der Waals surface area contributed by atoms with Gasteiger partial charge in [0, 0.05) is 38.4 Å². The Morgan fingerprint density at radius 3 is 2.89 bits per heavy atom. The van der Waals surface area contributed by atoms with Gasteiger partial charge in [-0.3, -0.25) is 4.79 Å². The summed E-state index contributed by atoms with van der Waals surface area (Å²) in [6, 6.07) is 8.19. The van der Waals surface area contributed by atoms with Crippen LogP contribution in [0.3, 0.4) is 0 Å². The van der Waals surface area contributed by atoms with Crippen molar-refractivity contribution in [3.05, 3.63) is 47.9 Å². The number of benzene rings is 1. The fourth-order valence-electron chi connectivity index (χ4n) is 3.70. The normalized spacial score (nSPS) is 16.9. The number of aromatic amines is 1. The minimum absolute atomic E-state index is 0.193. The highest BCUT2D eigenvalue weighted by molar-refractivity contribution is 5.92. The van der Waals surface area contributed by atoms with Crippen molar-refractivity contribution in [1.29, 1.82) is 0 Å². The molecule has 7 heteroatoms. The number of carbonyl (C=O) groups excluding carboxylic acids is 1. The Kier molecular flexibility index (Phi) is 5.25. The molecular formula is C21H26N6O. The number of nitrogens with one attached hydrogen (secondary N) is 2. The highest BCUT2D eigenvalue weighted by atomic mass is 16.2. The van der Waals surface area contributed by atoms with Crippen molar-refractivity contribution in [2.45, 2.75) is 25.8 Å². The molecule has 28 heavy (non-hydrogen) atoms. The molecule has 0 saturated carbocycles. The molecule has 3 heterocycles. The predicted molar refractivity (Wildman–Crippen MR) is 111 cm³/mol. The van der Waals surface area contributed by atoms with Gasteiger partial charge in [0.2, 0.25) is 5.91 Å². The molecule has 146 valence electrons. The first-order valence-corrected chi connectivity index (χ1v) is 9.69. The average molecular weight is 378 g/mol.